The molecule has 19 heavy (non-hydrogen) atoms. The molecule has 0 bridgehead atoms. The normalized spacial score (nSPS) is 10.3. The second-order valence-corrected chi connectivity index (χ2v) is 6.23. The molecule has 2 N–H and O–H groups in total. The van der Waals surface area contributed by atoms with E-state index < -0.39 is 5.91 Å². The van der Waals surface area contributed by atoms with Crippen LogP contribution < -0.4 is 10.5 Å². The van der Waals surface area contributed by atoms with Gasteiger partial charge in [0.2, 0.25) is 5.91 Å². The highest BCUT2D eigenvalue weighted by Gasteiger charge is 2.10. The first-order chi connectivity index (χ1) is 9.02. The number of nitrogens with two attached hydrogens (primary N) is 1. The lowest BCUT2D eigenvalue weighted by Gasteiger charge is -2.11. The summed E-state index contributed by atoms with van der Waals surface area (Å²) in [6.07, 6.45) is 0. The average molecular weight is 479 g/mol. The van der Waals surface area contributed by atoms with Crippen molar-refractivity contribution in [2.24, 2.45) is 5.73 Å². The summed E-state index contributed by atoms with van der Waals surface area (Å²) in [5.74, 6) is 0.283. The minimum Gasteiger partial charge on any atom is -0.496 e. The van der Waals surface area contributed by atoms with Crippen molar-refractivity contribution < 1.29 is 9.53 Å². The molecule has 0 atom stereocenters. The van der Waals surface area contributed by atoms with Crippen LogP contribution in [0.3, 0.4) is 0 Å². The van der Waals surface area contributed by atoms with E-state index in [1.807, 2.05) is 12.1 Å². The van der Waals surface area contributed by atoms with E-state index in [0.717, 1.165) is 20.4 Å². The number of hydrogen-bond donors (Lipinski definition) is 1. The number of primary amides is 1. The number of halogens is 2. The summed E-state index contributed by atoms with van der Waals surface area (Å²) in [6, 6.07) is 11.3. The summed E-state index contributed by atoms with van der Waals surface area (Å²) in [5.41, 5.74) is 7.67. The lowest BCUT2D eigenvalue weighted by Crippen LogP contribution is -2.10. The quantitative estimate of drug-likeness (QED) is 0.684. The van der Waals surface area contributed by atoms with Gasteiger partial charge in [-0.15, -0.1) is 0 Å². The number of carbonyl (C=O) groups excluding carboxylic acids is 1. The third kappa shape index (κ3) is 3.19. The van der Waals surface area contributed by atoms with Gasteiger partial charge in [-0.25, -0.2) is 0 Å². The van der Waals surface area contributed by atoms with Gasteiger partial charge in [0.05, 0.1) is 7.11 Å². The Balaban J connectivity index is 2.61. The van der Waals surface area contributed by atoms with Gasteiger partial charge in [-0.2, -0.15) is 0 Å². The minimum absolute atomic E-state index is 0.441. The fourth-order valence-electron chi connectivity index (χ4n) is 1.75. The maximum atomic E-state index is 11.3. The lowest BCUT2D eigenvalue weighted by atomic mass is 10.0. The molecule has 0 aliphatic heterocycles. The summed E-state index contributed by atoms with van der Waals surface area (Å²) in [5, 5.41) is 0. The molecule has 0 saturated carbocycles. The third-order valence-electron chi connectivity index (χ3n) is 2.71. The van der Waals surface area contributed by atoms with E-state index in [1.165, 1.54) is 3.57 Å². The van der Waals surface area contributed by atoms with Gasteiger partial charge in [0.25, 0.3) is 0 Å². The van der Waals surface area contributed by atoms with Crippen LogP contribution in [0.25, 0.3) is 11.1 Å². The summed E-state index contributed by atoms with van der Waals surface area (Å²) < 4.78 is 7.69. The van der Waals surface area contributed by atoms with E-state index in [0.29, 0.717) is 5.56 Å². The second-order valence-electron chi connectivity index (χ2n) is 3.91. The fraction of sp³-hybridized carbons (Fsp3) is 0.0714. The molecule has 5 heteroatoms. The Hall–Kier alpha value is -0.830. The molecule has 2 rings (SSSR count). The number of carbonyl (C=O) groups is 1. The molecular weight excluding hydrogens is 468 g/mol. The summed E-state index contributed by atoms with van der Waals surface area (Å²) >= 11 is 4.57. The van der Waals surface area contributed by atoms with Gasteiger partial charge >= 0.3 is 0 Å². The molecule has 2 aromatic rings. The topological polar surface area (TPSA) is 52.3 Å². The molecule has 0 unspecified atom stereocenters. The van der Waals surface area contributed by atoms with Gasteiger partial charge in [-0.3, -0.25) is 4.79 Å². The maximum Gasteiger partial charge on any atom is 0.248 e. The Labute approximate surface area is 138 Å². The van der Waals surface area contributed by atoms with Crippen LogP contribution in [-0.4, -0.2) is 13.0 Å². The van der Waals surface area contributed by atoms with Crippen LogP contribution in [0.4, 0.5) is 0 Å². The van der Waals surface area contributed by atoms with E-state index in [4.69, 9.17) is 10.5 Å². The van der Waals surface area contributed by atoms with Crippen LogP contribution in [0, 0.1) is 7.14 Å². The molecule has 2 aromatic carbocycles. The first-order valence-electron chi connectivity index (χ1n) is 5.46. The summed E-state index contributed by atoms with van der Waals surface area (Å²) in [4.78, 5) is 11.3. The molecule has 0 aliphatic rings. The molecule has 0 aromatic heterocycles. The van der Waals surface area contributed by atoms with Crippen molar-refractivity contribution in [3.8, 4) is 16.9 Å². The Morgan fingerprint density at radius 2 is 1.84 bits per heavy atom. The Morgan fingerprint density at radius 1 is 1.11 bits per heavy atom. The summed E-state index contributed by atoms with van der Waals surface area (Å²) in [7, 11) is 1.61. The van der Waals surface area contributed by atoms with Crippen molar-refractivity contribution in [2.45, 2.75) is 0 Å². The lowest BCUT2D eigenvalue weighted by molar-refractivity contribution is 0.100. The highest BCUT2D eigenvalue weighted by Crippen LogP contribution is 2.32. The Kier molecular flexibility index (Phi) is 4.67. The van der Waals surface area contributed by atoms with Crippen molar-refractivity contribution in [1.29, 1.82) is 0 Å². The van der Waals surface area contributed by atoms with Gasteiger partial charge in [-0.1, -0.05) is 6.07 Å². The van der Waals surface area contributed by atoms with Gasteiger partial charge in [0, 0.05) is 18.3 Å². The second kappa shape index (κ2) is 6.08. The predicted molar refractivity (Wildman–Crippen MR) is 92.4 cm³/mol. The molecule has 0 heterocycles. The largest absolute Gasteiger partial charge is 0.496 e. The Morgan fingerprint density at radius 3 is 2.42 bits per heavy atom. The van der Waals surface area contributed by atoms with Gasteiger partial charge in [0.15, 0.2) is 0 Å². The number of amides is 1. The van der Waals surface area contributed by atoms with E-state index >= 15 is 0 Å². The van der Waals surface area contributed by atoms with Crippen molar-refractivity contribution in [2.75, 3.05) is 7.11 Å². The van der Waals surface area contributed by atoms with Crippen molar-refractivity contribution in [1.82, 2.24) is 0 Å². The monoisotopic (exact) mass is 479 g/mol. The highest BCUT2D eigenvalue weighted by atomic mass is 127. The van der Waals surface area contributed by atoms with E-state index in [1.54, 1.807) is 25.3 Å². The van der Waals surface area contributed by atoms with Crippen LogP contribution >= 0.6 is 45.2 Å². The van der Waals surface area contributed by atoms with Crippen LogP contribution in [0.5, 0.6) is 5.75 Å². The minimum atomic E-state index is -0.441. The van der Waals surface area contributed by atoms with Crippen molar-refractivity contribution >= 4 is 51.1 Å². The molecule has 0 spiro atoms. The van der Waals surface area contributed by atoms with Crippen LogP contribution in [0.15, 0.2) is 36.4 Å². The summed E-state index contributed by atoms with van der Waals surface area (Å²) in [6.45, 7) is 0. The smallest absolute Gasteiger partial charge is 0.248 e. The van der Waals surface area contributed by atoms with E-state index in [9.17, 15) is 4.79 Å². The maximum absolute atomic E-state index is 11.3. The zero-order chi connectivity index (χ0) is 14.0. The molecular formula is C14H11I2NO2. The zero-order valence-corrected chi connectivity index (χ0v) is 14.4. The van der Waals surface area contributed by atoms with Crippen molar-refractivity contribution in [3.63, 3.8) is 0 Å². The average Bonchev–Trinajstić information content (AvgIpc) is 2.41. The molecule has 0 radical (unpaired) electrons. The van der Waals surface area contributed by atoms with Crippen LogP contribution in [-0.2, 0) is 0 Å². The van der Waals surface area contributed by atoms with Crippen LogP contribution in [0.1, 0.15) is 10.4 Å². The number of hydrogen-bond acceptors (Lipinski definition) is 2. The highest BCUT2D eigenvalue weighted by molar-refractivity contribution is 14.1. The number of benzene rings is 2. The number of methoxy groups -OCH3 is 1. The zero-order valence-electron chi connectivity index (χ0n) is 10.1. The number of rotatable bonds is 3. The molecule has 0 aliphatic carbocycles. The molecule has 1 amide bonds. The van der Waals surface area contributed by atoms with E-state index in [2.05, 4.69) is 51.2 Å². The molecule has 0 fully saturated rings. The molecule has 3 nitrogen and oxygen atoms in total. The SMILES string of the molecule is COc1ccc(C(N)=O)cc1-c1ccc(I)c(I)c1. The fourth-order valence-corrected chi connectivity index (χ4v) is 2.60. The Bertz CT molecular complexity index is 641. The number of ether oxygens (including phenoxy) is 1. The first-order valence-corrected chi connectivity index (χ1v) is 7.62. The molecule has 98 valence electrons. The van der Waals surface area contributed by atoms with Gasteiger partial charge in [-0.05, 0) is 81.1 Å². The van der Waals surface area contributed by atoms with Crippen molar-refractivity contribution in [3.05, 3.63) is 49.1 Å². The van der Waals surface area contributed by atoms with Gasteiger partial charge < -0.3 is 10.5 Å². The first kappa shape index (κ1) is 14.6. The third-order valence-corrected chi connectivity index (χ3v) is 5.58. The molecule has 0 saturated heterocycles. The van der Waals surface area contributed by atoms with E-state index in [-0.39, 0.29) is 0 Å². The van der Waals surface area contributed by atoms with Gasteiger partial charge in [0.1, 0.15) is 5.75 Å². The van der Waals surface area contributed by atoms with Crippen LogP contribution in [0.2, 0.25) is 0 Å². The predicted octanol–water partition coefficient (Wildman–Crippen LogP) is 3.67. The standard InChI is InChI=1S/C14H11I2NO2/c1-19-13-5-3-9(14(17)18)6-10(13)8-2-4-11(15)12(16)7-8/h2-7H,1H3,(H2,17,18).